The van der Waals surface area contributed by atoms with Gasteiger partial charge in [0.2, 0.25) is 0 Å². The first-order valence-electron chi connectivity index (χ1n) is 29.1. The molecule has 0 spiro atoms. The van der Waals surface area contributed by atoms with Crippen LogP contribution in [0.15, 0.2) is 85.1 Å². The number of esters is 3. The molecule has 1 atom stereocenters. The van der Waals surface area contributed by atoms with E-state index in [0.717, 1.165) is 103 Å². The summed E-state index contributed by atoms with van der Waals surface area (Å²) < 4.78 is 16.8. The minimum Gasteiger partial charge on any atom is -0.462 e. The SMILES string of the molecule is CC/C=C\C/C=C\C/C=C\C/C=C\C/C=C\CCCCCC(=O)OCC(COC(=O)CCCCCCC/C=C\CCCCCCC)OC(=O)CCCCCCCCC/C=C\CCCCCCCCC. The standard InChI is InChI=1S/C63H108O6/c1-4-7-10-13-16-19-22-25-28-30-32-34-35-38-41-44-47-50-53-56-62(65)68-59-60(58-67-61(64)55-52-49-46-43-40-37-27-24-21-18-15-12-9-6-3)69-63(66)57-54-51-48-45-42-39-36-33-31-29-26-23-20-17-14-11-8-5-2/h7,10,16,19,24-25,27-29,31-32,34,38,41,60H,4-6,8-9,11-15,17-18,20-23,26,30,33,35-37,39-40,42-59H2,1-3H3/b10-7-,19-16-,27-24-,28-25-,31-29-,34-32-,41-38-. The van der Waals surface area contributed by atoms with E-state index in [1.54, 1.807) is 0 Å². The summed E-state index contributed by atoms with van der Waals surface area (Å²) in [4.78, 5) is 38.2. The second kappa shape index (κ2) is 57.2. The molecule has 0 fully saturated rings. The maximum atomic E-state index is 12.9. The topological polar surface area (TPSA) is 78.9 Å². The maximum absolute atomic E-state index is 12.9. The zero-order valence-corrected chi connectivity index (χ0v) is 45.3. The van der Waals surface area contributed by atoms with Gasteiger partial charge in [0.1, 0.15) is 13.2 Å². The van der Waals surface area contributed by atoms with Crippen LogP contribution in [0.3, 0.4) is 0 Å². The third-order valence-corrected chi connectivity index (χ3v) is 12.4. The van der Waals surface area contributed by atoms with Crippen molar-refractivity contribution in [1.29, 1.82) is 0 Å². The summed E-state index contributed by atoms with van der Waals surface area (Å²) in [5.74, 6) is -0.932. The van der Waals surface area contributed by atoms with Crippen molar-refractivity contribution in [2.75, 3.05) is 13.2 Å². The van der Waals surface area contributed by atoms with Crippen molar-refractivity contribution in [2.24, 2.45) is 0 Å². The number of unbranched alkanes of at least 4 members (excludes halogenated alkanes) is 27. The van der Waals surface area contributed by atoms with Crippen molar-refractivity contribution in [3.8, 4) is 0 Å². The summed E-state index contributed by atoms with van der Waals surface area (Å²) in [5.41, 5.74) is 0. The molecule has 0 radical (unpaired) electrons. The van der Waals surface area contributed by atoms with Gasteiger partial charge < -0.3 is 14.2 Å². The fourth-order valence-electron chi connectivity index (χ4n) is 7.99. The van der Waals surface area contributed by atoms with E-state index in [1.807, 2.05) is 0 Å². The molecule has 6 nitrogen and oxygen atoms in total. The predicted molar refractivity (Wildman–Crippen MR) is 297 cm³/mol. The lowest BCUT2D eigenvalue weighted by molar-refractivity contribution is -0.167. The lowest BCUT2D eigenvalue weighted by Crippen LogP contribution is -2.30. The molecule has 0 aromatic carbocycles. The first kappa shape index (κ1) is 65.6. The molecule has 0 aliphatic heterocycles. The summed E-state index contributed by atoms with van der Waals surface area (Å²) in [6.07, 6.45) is 74.3. The fraction of sp³-hybridized carbons (Fsp3) is 0.730. The van der Waals surface area contributed by atoms with Crippen LogP contribution in [-0.2, 0) is 28.6 Å². The lowest BCUT2D eigenvalue weighted by Gasteiger charge is -2.18. The van der Waals surface area contributed by atoms with Crippen LogP contribution < -0.4 is 0 Å². The molecule has 0 amide bonds. The van der Waals surface area contributed by atoms with Gasteiger partial charge in [-0.25, -0.2) is 0 Å². The quantitative estimate of drug-likeness (QED) is 0.0262. The molecule has 69 heavy (non-hydrogen) atoms. The summed E-state index contributed by atoms with van der Waals surface area (Å²) in [5, 5.41) is 0. The number of hydrogen-bond acceptors (Lipinski definition) is 6. The number of carbonyl (C=O) groups is 3. The number of hydrogen-bond donors (Lipinski definition) is 0. The fourth-order valence-corrected chi connectivity index (χ4v) is 7.99. The third-order valence-electron chi connectivity index (χ3n) is 12.4. The molecule has 0 bridgehead atoms. The number of ether oxygens (including phenoxy) is 3. The van der Waals surface area contributed by atoms with Crippen LogP contribution in [-0.4, -0.2) is 37.2 Å². The molecule has 0 rings (SSSR count). The highest BCUT2D eigenvalue weighted by Gasteiger charge is 2.19. The van der Waals surface area contributed by atoms with Crippen LogP contribution in [0.25, 0.3) is 0 Å². The Bertz CT molecular complexity index is 1330. The van der Waals surface area contributed by atoms with Gasteiger partial charge in [-0.1, -0.05) is 228 Å². The Hall–Kier alpha value is -3.41. The van der Waals surface area contributed by atoms with Crippen LogP contribution in [0.4, 0.5) is 0 Å². The molecule has 0 aromatic rings. The van der Waals surface area contributed by atoms with Crippen LogP contribution in [0.5, 0.6) is 0 Å². The van der Waals surface area contributed by atoms with E-state index in [4.69, 9.17) is 14.2 Å². The highest BCUT2D eigenvalue weighted by Crippen LogP contribution is 2.15. The number of rotatable bonds is 52. The van der Waals surface area contributed by atoms with Gasteiger partial charge in [-0.05, 0) is 116 Å². The van der Waals surface area contributed by atoms with Gasteiger partial charge in [0.05, 0.1) is 0 Å². The summed E-state index contributed by atoms with van der Waals surface area (Å²) in [6, 6.07) is 0. The van der Waals surface area contributed by atoms with Gasteiger partial charge in [-0.3, -0.25) is 14.4 Å². The van der Waals surface area contributed by atoms with Gasteiger partial charge >= 0.3 is 17.9 Å². The normalized spacial score (nSPS) is 12.7. The van der Waals surface area contributed by atoms with Gasteiger partial charge in [-0.15, -0.1) is 0 Å². The van der Waals surface area contributed by atoms with Gasteiger partial charge in [0.15, 0.2) is 6.10 Å². The maximum Gasteiger partial charge on any atom is 0.306 e. The Balaban J connectivity index is 4.45. The Morgan fingerprint density at radius 3 is 0.913 bits per heavy atom. The third kappa shape index (κ3) is 55.4. The summed E-state index contributed by atoms with van der Waals surface area (Å²) in [7, 11) is 0. The largest absolute Gasteiger partial charge is 0.462 e. The van der Waals surface area contributed by atoms with Crippen molar-refractivity contribution in [3.63, 3.8) is 0 Å². The van der Waals surface area contributed by atoms with Crippen molar-refractivity contribution in [3.05, 3.63) is 85.1 Å². The first-order chi connectivity index (χ1) is 34.0. The van der Waals surface area contributed by atoms with Crippen molar-refractivity contribution in [2.45, 2.75) is 284 Å². The van der Waals surface area contributed by atoms with Crippen molar-refractivity contribution >= 4 is 17.9 Å². The van der Waals surface area contributed by atoms with E-state index in [0.29, 0.717) is 19.3 Å². The zero-order chi connectivity index (χ0) is 50.0. The molecular weight excluding hydrogens is 853 g/mol. The average Bonchev–Trinajstić information content (AvgIpc) is 3.35. The Labute approximate surface area is 426 Å². The molecule has 0 heterocycles. The van der Waals surface area contributed by atoms with E-state index in [9.17, 15) is 14.4 Å². The molecule has 0 N–H and O–H groups in total. The highest BCUT2D eigenvalue weighted by molar-refractivity contribution is 5.71. The minimum absolute atomic E-state index is 0.0929. The second-order valence-electron chi connectivity index (χ2n) is 19.2. The van der Waals surface area contributed by atoms with E-state index in [2.05, 4.69) is 106 Å². The van der Waals surface area contributed by atoms with Crippen LogP contribution in [0, 0.1) is 0 Å². The Kier molecular flexibility index (Phi) is 54.3. The highest BCUT2D eigenvalue weighted by atomic mass is 16.6. The van der Waals surface area contributed by atoms with Gasteiger partial charge in [-0.2, -0.15) is 0 Å². The molecule has 6 heteroatoms. The molecule has 0 saturated heterocycles. The number of carbonyl (C=O) groups excluding carboxylic acids is 3. The molecular formula is C63H108O6. The van der Waals surface area contributed by atoms with Crippen LogP contribution in [0.1, 0.15) is 278 Å². The molecule has 0 aliphatic carbocycles. The molecule has 0 saturated carbocycles. The van der Waals surface area contributed by atoms with Crippen molar-refractivity contribution < 1.29 is 28.6 Å². The van der Waals surface area contributed by atoms with E-state index < -0.39 is 6.10 Å². The van der Waals surface area contributed by atoms with E-state index in [1.165, 1.54) is 135 Å². The first-order valence-corrected chi connectivity index (χ1v) is 29.1. The number of allylic oxidation sites excluding steroid dienone is 14. The van der Waals surface area contributed by atoms with Crippen LogP contribution >= 0.6 is 0 Å². The molecule has 396 valence electrons. The zero-order valence-electron chi connectivity index (χ0n) is 45.3. The van der Waals surface area contributed by atoms with E-state index in [-0.39, 0.29) is 31.1 Å². The molecule has 0 aromatic heterocycles. The van der Waals surface area contributed by atoms with Gasteiger partial charge in [0.25, 0.3) is 0 Å². The second-order valence-corrected chi connectivity index (χ2v) is 19.2. The average molecular weight is 962 g/mol. The monoisotopic (exact) mass is 961 g/mol. The summed E-state index contributed by atoms with van der Waals surface area (Å²) in [6.45, 7) is 6.49. The Morgan fingerprint density at radius 2 is 0.565 bits per heavy atom. The van der Waals surface area contributed by atoms with Gasteiger partial charge in [0, 0.05) is 19.3 Å². The Morgan fingerprint density at radius 1 is 0.304 bits per heavy atom. The smallest absolute Gasteiger partial charge is 0.306 e. The van der Waals surface area contributed by atoms with E-state index >= 15 is 0 Å². The van der Waals surface area contributed by atoms with Crippen molar-refractivity contribution in [1.82, 2.24) is 0 Å². The molecule has 0 aliphatic rings. The predicted octanol–water partition coefficient (Wildman–Crippen LogP) is 19.5. The molecule has 1 unspecified atom stereocenters. The minimum atomic E-state index is -0.797. The van der Waals surface area contributed by atoms with Crippen LogP contribution in [0.2, 0.25) is 0 Å². The summed E-state index contributed by atoms with van der Waals surface area (Å²) >= 11 is 0. The lowest BCUT2D eigenvalue weighted by atomic mass is 10.1.